The molecule has 5 heteroatoms. The summed E-state index contributed by atoms with van der Waals surface area (Å²) in [4.78, 5) is 19.6. The molecule has 126 valence electrons. The van der Waals surface area contributed by atoms with Crippen LogP contribution in [0.3, 0.4) is 0 Å². The van der Waals surface area contributed by atoms with Crippen LogP contribution < -0.4 is 5.32 Å². The average molecular weight is 303 g/mol. The van der Waals surface area contributed by atoms with Crippen molar-refractivity contribution in [1.82, 2.24) is 5.32 Å². The SMILES string of the molecule is C1CCCNCC1.CC(C)(C)C(=O)O.CC(C)(C)OC=O. The predicted molar refractivity (Wildman–Crippen MR) is 85.3 cm³/mol. The van der Waals surface area contributed by atoms with Crippen molar-refractivity contribution in [2.75, 3.05) is 13.1 Å². The standard InChI is InChI=1S/C6H13N.2C5H10O2/c1-2-4-6-7-5-3-1;1-5(2,3)7-4-6;1-5(2,3)4(6)7/h7H,1-6H2;4H,1-3H3;1-3H3,(H,6,7). The van der Waals surface area contributed by atoms with Gasteiger partial charge in [-0.2, -0.15) is 0 Å². The second kappa shape index (κ2) is 11.5. The van der Waals surface area contributed by atoms with E-state index in [1.807, 2.05) is 20.8 Å². The first kappa shape index (κ1) is 22.2. The number of hydrogen-bond acceptors (Lipinski definition) is 4. The molecule has 1 saturated heterocycles. The van der Waals surface area contributed by atoms with E-state index in [-0.39, 0.29) is 5.60 Å². The van der Waals surface area contributed by atoms with Crippen LogP contribution in [0.15, 0.2) is 0 Å². The van der Waals surface area contributed by atoms with Crippen molar-refractivity contribution < 1.29 is 19.4 Å². The van der Waals surface area contributed by atoms with E-state index in [0.29, 0.717) is 6.47 Å². The van der Waals surface area contributed by atoms with Crippen molar-refractivity contribution in [3.05, 3.63) is 0 Å². The summed E-state index contributed by atoms with van der Waals surface area (Å²) >= 11 is 0. The Morgan fingerprint density at radius 3 is 1.57 bits per heavy atom. The Labute approximate surface area is 129 Å². The Hall–Kier alpha value is -1.10. The van der Waals surface area contributed by atoms with Crippen molar-refractivity contribution in [3.63, 3.8) is 0 Å². The Kier molecular flexibility index (Phi) is 12.2. The zero-order valence-corrected chi connectivity index (χ0v) is 14.5. The van der Waals surface area contributed by atoms with Gasteiger partial charge in [-0.05, 0) is 67.5 Å². The van der Waals surface area contributed by atoms with Crippen LogP contribution in [0, 0.1) is 5.41 Å². The molecule has 0 saturated carbocycles. The molecule has 5 nitrogen and oxygen atoms in total. The van der Waals surface area contributed by atoms with Gasteiger partial charge in [0.15, 0.2) is 0 Å². The predicted octanol–water partition coefficient (Wildman–Crippen LogP) is 3.23. The molecule has 0 aromatic carbocycles. The van der Waals surface area contributed by atoms with E-state index in [0.717, 1.165) is 0 Å². The molecule has 0 spiro atoms. The normalized spacial score (nSPS) is 15.3. The van der Waals surface area contributed by atoms with Crippen LogP contribution in [0.25, 0.3) is 0 Å². The molecule has 1 aliphatic rings. The molecular weight excluding hydrogens is 270 g/mol. The van der Waals surface area contributed by atoms with E-state index >= 15 is 0 Å². The van der Waals surface area contributed by atoms with E-state index < -0.39 is 11.4 Å². The summed E-state index contributed by atoms with van der Waals surface area (Å²) in [6.45, 7) is 13.4. The van der Waals surface area contributed by atoms with Crippen LogP contribution in [-0.2, 0) is 14.3 Å². The Balaban J connectivity index is 0. The first-order valence-corrected chi connectivity index (χ1v) is 7.56. The molecule has 2 N–H and O–H groups in total. The lowest BCUT2D eigenvalue weighted by atomic mass is 9.98. The van der Waals surface area contributed by atoms with Gasteiger partial charge in [0.1, 0.15) is 5.60 Å². The molecule has 0 bridgehead atoms. The first-order chi connectivity index (χ1) is 9.50. The van der Waals surface area contributed by atoms with Crippen molar-refractivity contribution in [1.29, 1.82) is 0 Å². The molecule has 0 atom stereocenters. The number of hydrogen-bond donors (Lipinski definition) is 2. The molecule has 0 unspecified atom stereocenters. The minimum Gasteiger partial charge on any atom is -0.481 e. The fraction of sp³-hybridized carbons (Fsp3) is 0.875. The number of rotatable bonds is 1. The number of carbonyl (C=O) groups is 2. The maximum atomic E-state index is 10.0. The highest BCUT2D eigenvalue weighted by atomic mass is 16.5. The van der Waals surface area contributed by atoms with Crippen LogP contribution in [0.5, 0.6) is 0 Å². The molecule has 1 fully saturated rings. The summed E-state index contributed by atoms with van der Waals surface area (Å²) in [6, 6.07) is 0. The molecule has 1 heterocycles. The molecule has 0 aromatic heterocycles. The average Bonchev–Trinajstić information content (AvgIpc) is 2.59. The molecule has 0 radical (unpaired) electrons. The molecule has 0 amide bonds. The third-order valence-corrected chi connectivity index (χ3v) is 2.50. The number of carboxylic acid groups (broad SMARTS) is 1. The fourth-order valence-electron chi connectivity index (χ4n) is 1.12. The van der Waals surface area contributed by atoms with Gasteiger partial charge >= 0.3 is 5.97 Å². The van der Waals surface area contributed by atoms with E-state index in [9.17, 15) is 9.59 Å². The van der Waals surface area contributed by atoms with Crippen LogP contribution in [-0.4, -0.2) is 36.2 Å². The maximum absolute atomic E-state index is 10.0. The third kappa shape index (κ3) is 21.4. The lowest BCUT2D eigenvalue weighted by Crippen LogP contribution is -2.18. The minimum absolute atomic E-state index is 0.318. The smallest absolute Gasteiger partial charge is 0.308 e. The lowest BCUT2D eigenvalue weighted by molar-refractivity contribution is -0.145. The summed E-state index contributed by atoms with van der Waals surface area (Å²) in [5.41, 5.74) is -0.901. The second-order valence-corrected chi connectivity index (χ2v) is 7.05. The molecule has 1 rings (SSSR count). The topological polar surface area (TPSA) is 75.6 Å². The zero-order valence-electron chi connectivity index (χ0n) is 14.5. The summed E-state index contributed by atoms with van der Waals surface area (Å²) in [5.74, 6) is -0.757. The molecular formula is C16H33NO4. The molecule has 0 aromatic rings. The van der Waals surface area contributed by atoms with Gasteiger partial charge in [-0.3, -0.25) is 9.59 Å². The zero-order chi connectivity index (χ0) is 16.9. The van der Waals surface area contributed by atoms with Crippen LogP contribution >= 0.6 is 0 Å². The van der Waals surface area contributed by atoms with E-state index in [1.54, 1.807) is 20.8 Å². The van der Waals surface area contributed by atoms with E-state index in [1.165, 1.54) is 38.8 Å². The quantitative estimate of drug-likeness (QED) is 0.727. The highest BCUT2D eigenvalue weighted by Gasteiger charge is 2.18. The van der Waals surface area contributed by atoms with Gasteiger partial charge in [0, 0.05) is 0 Å². The van der Waals surface area contributed by atoms with Gasteiger partial charge in [0.2, 0.25) is 0 Å². The number of carboxylic acids is 1. The number of carbonyl (C=O) groups excluding carboxylic acids is 1. The van der Waals surface area contributed by atoms with Gasteiger partial charge in [0.25, 0.3) is 6.47 Å². The van der Waals surface area contributed by atoms with Crippen LogP contribution in [0.1, 0.15) is 67.2 Å². The van der Waals surface area contributed by atoms with Gasteiger partial charge in [0.05, 0.1) is 5.41 Å². The summed E-state index contributed by atoms with van der Waals surface area (Å²) in [6.07, 6.45) is 5.65. The first-order valence-electron chi connectivity index (χ1n) is 7.56. The highest BCUT2D eigenvalue weighted by Crippen LogP contribution is 2.11. The van der Waals surface area contributed by atoms with E-state index in [4.69, 9.17) is 5.11 Å². The molecule has 1 aliphatic heterocycles. The van der Waals surface area contributed by atoms with Crippen molar-refractivity contribution in [3.8, 4) is 0 Å². The minimum atomic E-state index is -0.757. The van der Waals surface area contributed by atoms with Crippen molar-refractivity contribution >= 4 is 12.4 Å². The summed E-state index contributed by atoms with van der Waals surface area (Å²) in [5, 5.41) is 11.6. The molecule has 21 heavy (non-hydrogen) atoms. The fourth-order valence-corrected chi connectivity index (χ4v) is 1.12. The largest absolute Gasteiger partial charge is 0.481 e. The lowest BCUT2D eigenvalue weighted by Gasteiger charge is -2.14. The van der Waals surface area contributed by atoms with Crippen LogP contribution in [0.2, 0.25) is 0 Å². The van der Waals surface area contributed by atoms with Gasteiger partial charge in [-0.1, -0.05) is 12.8 Å². The van der Waals surface area contributed by atoms with Crippen LogP contribution in [0.4, 0.5) is 0 Å². The third-order valence-electron chi connectivity index (χ3n) is 2.50. The summed E-state index contributed by atoms with van der Waals surface area (Å²) in [7, 11) is 0. The van der Waals surface area contributed by atoms with E-state index in [2.05, 4.69) is 10.1 Å². The van der Waals surface area contributed by atoms with Gasteiger partial charge in [-0.15, -0.1) is 0 Å². The van der Waals surface area contributed by atoms with Crippen molar-refractivity contribution in [2.24, 2.45) is 5.41 Å². The number of nitrogens with one attached hydrogen (secondary N) is 1. The second-order valence-electron chi connectivity index (χ2n) is 7.05. The Morgan fingerprint density at radius 1 is 1.00 bits per heavy atom. The van der Waals surface area contributed by atoms with Gasteiger partial charge < -0.3 is 15.2 Å². The van der Waals surface area contributed by atoms with Gasteiger partial charge in [-0.25, -0.2) is 0 Å². The monoisotopic (exact) mass is 303 g/mol. The highest BCUT2D eigenvalue weighted by molar-refractivity contribution is 5.72. The Bertz CT molecular complexity index is 257. The number of ether oxygens (including phenoxy) is 1. The summed E-state index contributed by atoms with van der Waals surface area (Å²) < 4.78 is 4.55. The van der Waals surface area contributed by atoms with Crippen molar-refractivity contribution in [2.45, 2.75) is 72.8 Å². The Morgan fingerprint density at radius 2 is 1.38 bits per heavy atom. The maximum Gasteiger partial charge on any atom is 0.308 e. The number of aliphatic carboxylic acids is 1. The molecule has 0 aliphatic carbocycles.